The van der Waals surface area contributed by atoms with E-state index < -0.39 is 0 Å². The second-order valence-corrected chi connectivity index (χ2v) is 4.37. The second kappa shape index (κ2) is 8.53. The van der Waals surface area contributed by atoms with E-state index in [1.54, 1.807) is 14.0 Å². The van der Waals surface area contributed by atoms with Gasteiger partial charge in [0.2, 0.25) is 0 Å². The molecule has 0 heterocycles. The summed E-state index contributed by atoms with van der Waals surface area (Å²) >= 11 is 0. The number of nitrogens with one attached hydrogen (secondary N) is 1. The van der Waals surface area contributed by atoms with Crippen molar-refractivity contribution in [2.24, 2.45) is 0 Å². The van der Waals surface area contributed by atoms with E-state index in [0.717, 1.165) is 18.7 Å². The Bertz CT molecular complexity index is 375. The molecule has 4 nitrogen and oxygen atoms in total. The van der Waals surface area contributed by atoms with Crippen molar-refractivity contribution in [2.75, 3.05) is 13.7 Å². The van der Waals surface area contributed by atoms with Gasteiger partial charge in [-0.2, -0.15) is 0 Å². The lowest BCUT2D eigenvalue weighted by molar-refractivity contribution is -0.144. The highest BCUT2D eigenvalue weighted by Crippen LogP contribution is 2.11. The third kappa shape index (κ3) is 5.75. The van der Waals surface area contributed by atoms with Crippen molar-refractivity contribution in [3.63, 3.8) is 0 Å². The Morgan fingerprint density at radius 3 is 2.47 bits per heavy atom. The standard InChI is InChI=1S/C15H23NO3/c1-4-13(11-19-15(17)5-2)16-10-12-6-8-14(18-3)9-7-12/h6-9,13,16H,4-5,10-11H2,1-3H3. The van der Waals surface area contributed by atoms with Gasteiger partial charge in [0.1, 0.15) is 12.4 Å². The summed E-state index contributed by atoms with van der Waals surface area (Å²) in [7, 11) is 1.66. The van der Waals surface area contributed by atoms with Crippen LogP contribution in [-0.2, 0) is 16.1 Å². The van der Waals surface area contributed by atoms with Gasteiger partial charge in [0.25, 0.3) is 0 Å². The van der Waals surface area contributed by atoms with Crippen LogP contribution in [-0.4, -0.2) is 25.7 Å². The van der Waals surface area contributed by atoms with E-state index in [9.17, 15) is 4.79 Å². The van der Waals surface area contributed by atoms with Crippen molar-refractivity contribution < 1.29 is 14.3 Å². The fourth-order valence-electron chi connectivity index (χ4n) is 1.62. The zero-order valence-corrected chi connectivity index (χ0v) is 11.9. The Balaban J connectivity index is 2.37. The molecule has 0 aliphatic rings. The Kier molecular flexibility index (Phi) is 6.97. The molecule has 1 atom stereocenters. The highest BCUT2D eigenvalue weighted by atomic mass is 16.5. The predicted molar refractivity (Wildman–Crippen MR) is 75.2 cm³/mol. The Hall–Kier alpha value is -1.55. The lowest BCUT2D eigenvalue weighted by Gasteiger charge is -2.17. The van der Waals surface area contributed by atoms with E-state index in [1.165, 1.54) is 5.56 Å². The largest absolute Gasteiger partial charge is 0.497 e. The molecule has 19 heavy (non-hydrogen) atoms. The van der Waals surface area contributed by atoms with E-state index in [2.05, 4.69) is 12.2 Å². The topological polar surface area (TPSA) is 47.6 Å². The number of hydrogen-bond donors (Lipinski definition) is 1. The summed E-state index contributed by atoms with van der Waals surface area (Å²) in [6.45, 7) is 5.06. The Morgan fingerprint density at radius 2 is 1.95 bits per heavy atom. The van der Waals surface area contributed by atoms with Crippen LogP contribution in [0.1, 0.15) is 32.3 Å². The summed E-state index contributed by atoms with van der Waals surface area (Å²) in [5.74, 6) is 0.706. The first-order valence-corrected chi connectivity index (χ1v) is 6.71. The number of methoxy groups -OCH3 is 1. The molecular formula is C15H23NO3. The van der Waals surface area contributed by atoms with Crippen molar-refractivity contribution >= 4 is 5.97 Å². The smallest absolute Gasteiger partial charge is 0.305 e. The van der Waals surface area contributed by atoms with Crippen LogP contribution in [0.4, 0.5) is 0 Å². The van der Waals surface area contributed by atoms with E-state index in [-0.39, 0.29) is 12.0 Å². The zero-order chi connectivity index (χ0) is 14.1. The first-order chi connectivity index (χ1) is 9.19. The summed E-state index contributed by atoms with van der Waals surface area (Å²) in [5, 5.41) is 3.38. The summed E-state index contributed by atoms with van der Waals surface area (Å²) in [4.78, 5) is 11.1. The Labute approximate surface area is 115 Å². The van der Waals surface area contributed by atoms with Gasteiger partial charge >= 0.3 is 5.97 Å². The minimum Gasteiger partial charge on any atom is -0.497 e. The van der Waals surface area contributed by atoms with Gasteiger partial charge in [-0.15, -0.1) is 0 Å². The van der Waals surface area contributed by atoms with Crippen LogP contribution in [0, 0.1) is 0 Å². The molecule has 0 aliphatic heterocycles. The second-order valence-electron chi connectivity index (χ2n) is 4.37. The molecule has 0 saturated heterocycles. The first kappa shape index (κ1) is 15.5. The van der Waals surface area contributed by atoms with Crippen LogP contribution < -0.4 is 10.1 Å². The number of benzene rings is 1. The summed E-state index contributed by atoms with van der Waals surface area (Å²) in [6, 6.07) is 8.12. The van der Waals surface area contributed by atoms with Crippen molar-refractivity contribution in [1.29, 1.82) is 0 Å². The lowest BCUT2D eigenvalue weighted by Crippen LogP contribution is -2.33. The quantitative estimate of drug-likeness (QED) is 0.734. The zero-order valence-electron chi connectivity index (χ0n) is 11.9. The average Bonchev–Trinajstić information content (AvgIpc) is 2.47. The third-order valence-corrected chi connectivity index (χ3v) is 2.98. The van der Waals surface area contributed by atoms with Crippen molar-refractivity contribution in [3.8, 4) is 5.75 Å². The molecule has 0 saturated carbocycles. The molecule has 4 heteroatoms. The van der Waals surface area contributed by atoms with Crippen molar-refractivity contribution in [3.05, 3.63) is 29.8 Å². The molecule has 0 aromatic heterocycles. The highest BCUT2D eigenvalue weighted by Gasteiger charge is 2.08. The minimum atomic E-state index is -0.148. The average molecular weight is 265 g/mol. The van der Waals surface area contributed by atoms with Crippen molar-refractivity contribution in [2.45, 2.75) is 39.3 Å². The summed E-state index contributed by atoms with van der Waals surface area (Å²) in [5.41, 5.74) is 1.18. The summed E-state index contributed by atoms with van der Waals surface area (Å²) < 4.78 is 10.3. The van der Waals surface area contributed by atoms with Crippen LogP contribution in [0.2, 0.25) is 0 Å². The van der Waals surface area contributed by atoms with Gasteiger partial charge in [0.15, 0.2) is 0 Å². The molecular weight excluding hydrogens is 242 g/mol. The van der Waals surface area contributed by atoms with Gasteiger partial charge < -0.3 is 14.8 Å². The maximum atomic E-state index is 11.1. The monoisotopic (exact) mass is 265 g/mol. The van der Waals surface area contributed by atoms with Gasteiger partial charge in [-0.25, -0.2) is 0 Å². The van der Waals surface area contributed by atoms with E-state index in [4.69, 9.17) is 9.47 Å². The maximum Gasteiger partial charge on any atom is 0.305 e. The molecule has 0 spiro atoms. The maximum absolute atomic E-state index is 11.1. The number of ether oxygens (including phenoxy) is 2. The fourth-order valence-corrected chi connectivity index (χ4v) is 1.62. The molecule has 0 amide bonds. The normalized spacial score (nSPS) is 11.9. The molecule has 1 aromatic rings. The van der Waals surface area contributed by atoms with Gasteiger partial charge in [0.05, 0.1) is 7.11 Å². The van der Waals surface area contributed by atoms with Crippen LogP contribution in [0.5, 0.6) is 5.75 Å². The minimum absolute atomic E-state index is 0.148. The van der Waals surface area contributed by atoms with Gasteiger partial charge in [-0.1, -0.05) is 26.0 Å². The fraction of sp³-hybridized carbons (Fsp3) is 0.533. The molecule has 1 aromatic carbocycles. The number of esters is 1. The molecule has 0 radical (unpaired) electrons. The SMILES string of the molecule is CCC(=O)OCC(CC)NCc1ccc(OC)cc1. The predicted octanol–water partition coefficient (Wildman–Crippen LogP) is 2.52. The van der Waals surface area contributed by atoms with Gasteiger partial charge in [-0.3, -0.25) is 4.79 Å². The van der Waals surface area contributed by atoms with E-state index >= 15 is 0 Å². The summed E-state index contributed by atoms with van der Waals surface area (Å²) in [6.07, 6.45) is 1.35. The molecule has 0 bridgehead atoms. The first-order valence-electron chi connectivity index (χ1n) is 6.71. The number of carbonyl (C=O) groups excluding carboxylic acids is 1. The van der Waals surface area contributed by atoms with Gasteiger partial charge in [0, 0.05) is 19.0 Å². The molecule has 1 rings (SSSR count). The molecule has 1 N–H and O–H groups in total. The Morgan fingerprint density at radius 1 is 1.26 bits per heavy atom. The van der Waals surface area contributed by atoms with Crippen molar-refractivity contribution in [1.82, 2.24) is 5.32 Å². The van der Waals surface area contributed by atoms with Crippen LogP contribution >= 0.6 is 0 Å². The lowest BCUT2D eigenvalue weighted by atomic mass is 10.2. The van der Waals surface area contributed by atoms with Crippen LogP contribution in [0.25, 0.3) is 0 Å². The molecule has 106 valence electrons. The van der Waals surface area contributed by atoms with Gasteiger partial charge in [-0.05, 0) is 24.1 Å². The van der Waals surface area contributed by atoms with E-state index in [0.29, 0.717) is 13.0 Å². The van der Waals surface area contributed by atoms with Crippen LogP contribution in [0.15, 0.2) is 24.3 Å². The molecule has 0 fully saturated rings. The number of hydrogen-bond acceptors (Lipinski definition) is 4. The molecule has 0 aliphatic carbocycles. The third-order valence-electron chi connectivity index (χ3n) is 2.98. The number of rotatable bonds is 8. The molecule has 1 unspecified atom stereocenters. The highest BCUT2D eigenvalue weighted by molar-refractivity contribution is 5.68. The van der Waals surface area contributed by atoms with Crippen LogP contribution in [0.3, 0.4) is 0 Å². The number of carbonyl (C=O) groups is 1. The van der Waals surface area contributed by atoms with E-state index in [1.807, 2.05) is 24.3 Å².